The van der Waals surface area contributed by atoms with Gasteiger partial charge in [-0.1, -0.05) is 0 Å². The van der Waals surface area contributed by atoms with E-state index in [0.29, 0.717) is 6.07 Å². The zero-order chi connectivity index (χ0) is 13.4. The van der Waals surface area contributed by atoms with Crippen LogP contribution in [0.3, 0.4) is 0 Å². The number of halogens is 4. The normalized spacial score (nSPS) is 10.7. The predicted octanol–water partition coefficient (Wildman–Crippen LogP) is 3.80. The van der Waals surface area contributed by atoms with Gasteiger partial charge in [-0.15, -0.1) is 0 Å². The maximum absolute atomic E-state index is 13.6. The summed E-state index contributed by atoms with van der Waals surface area (Å²) in [6, 6.07) is 3.32. The first-order valence-corrected chi connectivity index (χ1v) is 5.10. The molecule has 0 saturated carbocycles. The van der Waals surface area contributed by atoms with E-state index in [1.807, 2.05) is 0 Å². The van der Waals surface area contributed by atoms with E-state index < -0.39 is 23.3 Å². The molecule has 18 heavy (non-hydrogen) atoms. The molecule has 0 aliphatic rings. The van der Waals surface area contributed by atoms with Crippen molar-refractivity contribution in [3.05, 3.63) is 53.1 Å². The van der Waals surface area contributed by atoms with Gasteiger partial charge >= 0.3 is 0 Å². The fraction of sp³-hybridized carbons (Fsp3) is 0.0769. The van der Waals surface area contributed by atoms with Crippen molar-refractivity contribution < 1.29 is 17.6 Å². The Labute approximate surface area is 101 Å². The van der Waals surface area contributed by atoms with Gasteiger partial charge in [0.05, 0.1) is 5.69 Å². The first-order valence-electron chi connectivity index (χ1n) is 5.10. The summed E-state index contributed by atoms with van der Waals surface area (Å²) in [6.07, 6.45) is 0. The number of anilines is 1. The van der Waals surface area contributed by atoms with Crippen molar-refractivity contribution in [3.63, 3.8) is 0 Å². The maximum atomic E-state index is 13.6. The highest BCUT2D eigenvalue weighted by Gasteiger charge is 2.15. The highest BCUT2D eigenvalue weighted by atomic mass is 19.1. The third kappa shape index (κ3) is 2.03. The monoisotopic (exact) mass is 255 g/mol. The van der Waals surface area contributed by atoms with Crippen molar-refractivity contribution in [2.45, 2.75) is 6.92 Å². The molecule has 0 aromatic heterocycles. The SMILES string of the molecule is Cc1cc(-c2cc(F)c(N)cc2F)c(F)cc1F. The Morgan fingerprint density at radius 2 is 1.28 bits per heavy atom. The molecular weight excluding hydrogens is 246 g/mol. The Morgan fingerprint density at radius 3 is 1.94 bits per heavy atom. The second-order valence-electron chi connectivity index (χ2n) is 3.93. The number of nitrogen functional groups attached to an aromatic ring is 1. The number of rotatable bonds is 1. The van der Waals surface area contributed by atoms with E-state index in [4.69, 9.17) is 5.73 Å². The lowest BCUT2D eigenvalue weighted by molar-refractivity contribution is 0.576. The van der Waals surface area contributed by atoms with Crippen LogP contribution < -0.4 is 5.73 Å². The molecule has 0 amide bonds. The highest BCUT2D eigenvalue weighted by Crippen LogP contribution is 2.30. The second-order valence-corrected chi connectivity index (χ2v) is 3.93. The summed E-state index contributed by atoms with van der Waals surface area (Å²) in [4.78, 5) is 0. The molecule has 0 saturated heterocycles. The van der Waals surface area contributed by atoms with Crippen LogP contribution in [0.4, 0.5) is 23.2 Å². The van der Waals surface area contributed by atoms with E-state index in [2.05, 4.69) is 0 Å². The largest absolute Gasteiger partial charge is 0.396 e. The molecular formula is C13H9F4N. The van der Waals surface area contributed by atoms with Gasteiger partial charge in [-0.25, -0.2) is 17.6 Å². The number of nitrogens with two attached hydrogens (primary N) is 1. The standard InChI is InChI=1S/C13H9F4N/c1-6-2-7(10(15)4-9(6)14)8-3-12(17)13(18)5-11(8)16/h2-5H,18H2,1H3. The fourth-order valence-electron chi connectivity index (χ4n) is 1.63. The van der Waals surface area contributed by atoms with Crippen LogP contribution in [0.5, 0.6) is 0 Å². The molecule has 0 aliphatic heterocycles. The van der Waals surface area contributed by atoms with Gasteiger partial charge in [0.15, 0.2) is 0 Å². The van der Waals surface area contributed by atoms with Crippen LogP contribution in [-0.4, -0.2) is 0 Å². The Balaban J connectivity index is 2.69. The molecule has 0 unspecified atom stereocenters. The van der Waals surface area contributed by atoms with E-state index in [-0.39, 0.29) is 22.4 Å². The average molecular weight is 255 g/mol. The quantitative estimate of drug-likeness (QED) is 0.608. The number of hydrogen-bond acceptors (Lipinski definition) is 1. The van der Waals surface area contributed by atoms with Gasteiger partial charge in [0.2, 0.25) is 0 Å². The van der Waals surface area contributed by atoms with Crippen molar-refractivity contribution in [1.29, 1.82) is 0 Å². The molecule has 1 nitrogen and oxygen atoms in total. The van der Waals surface area contributed by atoms with Crippen molar-refractivity contribution in [3.8, 4) is 11.1 Å². The van der Waals surface area contributed by atoms with Gasteiger partial charge in [-0.3, -0.25) is 0 Å². The highest BCUT2D eigenvalue weighted by molar-refractivity contribution is 5.68. The van der Waals surface area contributed by atoms with E-state index in [9.17, 15) is 17.6 Å². The molecule has 0 heterocycles. The maximum Gasteiger partial charge on any atom is 0.146 e. The van der Waals surface area contributed by atoms with Crippen LogP contribution in [0.2, 0.25) is 0 Å². The molecule has 0 radical (unpaired) electrons. The summed E-state index contributed by atoms with van der Waals surface area (Å²) in [5.41, 5.74) is 4.47. The molecule has 2 aromatic carbocycles. The summed E-state index contributed by atoms with van der Waals surface area (Å²) in [5.74, 6) is -3.42. The fourth-order valence-corrected chi connectivity index (χ4v) is 1.63. The Hall–Kier alpha value is -2.04. The van der Waals surface area contributed by atoms with Crippen molar-refractivity contribution in [2.75, 3.05) is 5.73 Å². The van der Waals surface area contributed by atoms with Crippen LogP contribution >= 0.6 is 0 Å². The topological polar surface area (TPSA) is 26.0 Å². The van der Waals surface area contributed by atoms with Gasteiger partial charge in [0, 0.05) is 23.3 Å². The van der Waals surface area contributed by atoms with Gasteiger partial charge in [-0.2, -0.15) is 0 Å². The van der Waals surface area contributed by atoms with E-state index in [0.717, 1.165) is 18.2 Å². The third-order valence-electron chi connectivity index (χ3n) is 2.62. The lowest BCUT2D eigenvalue weighted by Crippen LogP contribution is -1.97. The molecule has 0 atom stereocenters. The molecule has 2 aromatic rings. The van der Waals surface area contributed by atoms with Gasteiger partial charge in [0.25, 0.3) is 0 Å². The zero-order valence-electron chi connectivity index (χ0n) is 9.40. The summed E-state index contributed by atoms with van der Waals surface area (Å²) < 4.78 is 53.5. The summed E-state index contributed by atoms with van der Waals surface area (Å²) >= 11 is 0. The van der Waals surface area contributed by atoms with Crippen molar-refractivity contribution >= 4 is 5.69 Å². The lowest BCUT2D eigenvalue weighted by Gasteiger charge is -2.08. The zero-order valence-corrected chi connectivity index (χ0v) is 9.40. The third-order valence-corrected chi connectivity index (χ3v) is 2.62. The summed E-state index contributed by atoms with van der Waals surface area (Å²) in [5, 5.41) is 0. The summed E-state index contributed by atoms with van der Waals surface area (Å²) in [6.45, 7) is 1.41. The number of benzene rings is 2. The van der Waals surface area contributed by atoms with Crippen LogP contribution in [0.15, 0.2) is 24.3 Å². The molecule has 0 fully saturated rings. The van der Waals surface area contributed by atoms with Gasteiger partial charge in [-0.05, 0) is 24.6 Å². The second kappa shape index (κ2) is 4.33. The van der Waals surface area contributed by atoms with E-state index >= 15 is 0 Å². The van der Waals surface area contributed by atoms with Crippen molar-refractivity contribution in [2.24, 2.45) is 0 Å². The molecule has 2 rings (SSSR count). The van der Waals surface area contributed by atoms with Crippen LogP contribution in [0, 0.1) is 30.2 Å². The van der Waals surface area contributed by atoms with Gasteiger partial charge in [0.1, 0.15) is 23.3 Å². The first-order chi connectivity index (χ1) is 8.40. The average Bonchev–Trinajstić information content (AvgIpc) is 2.29. The minimum Gasteiger partial charge on any atom is -0.396 e. The van der Waals surface area contributed by atoms with Crippen LogP contribution in [0.25, 0.3) is 11.1 Å². The molecule has 94 valence electrons. The van der Waals surface area contributed by atoms with E-state index in [1.54, 1.807) is 0 Å². The molecule has 0 bridgehead atoms. The number of aryl methyl sites for hydroxylation is 1. The van der Waals surface area contributed by atoms with Crippen molar-refractivity contribution in [1.82, 2.24) is 0 Å². The molecule has 0 aliphatic carbocycles. The lowest BCUT2D eigenvalue weighted by atomic mass is 10.0. The Bertz CT molecular complexity index is 567. The summed E-state index contributed by atoms with van der Waals surface area (Å²) in [7, 11) is 0. The Morgan fingerprint density at radius 1 is 0.722 bits per heavy atom. The smallest absolute Gasteiger partial charge is 0.146 e. The first kappa shape index (κ1) is 12.4. The molecule has 2 N–H and O–H groups in total. The molecule has 0 spiro atoms. The van der Waals surface area contributed by atoms with Crippen LogP contribution in [-0.2, 0) is 0 Å². The minimum atomic E-state index is -0.957. The van der Waals surface area contributed by atoms with Crippen LogP contribution in [0.1, 0.15) is 5.56 Å². The van der Waals surface area contributed by atoms with E-state index in [1.165, 1.54) is 6.92 Å². The number of hydrogen-bond donors (Lipinski definition) is 1. The minimum absolute atomic E-state index is 0.142. The molecule has 5 heteroatoms. The Kier molecular flexibility index (Phi) is 2.98. The predicted molar refractivity (Wildman–Crippen MR) is 60.9 cm³/mol. The van der Waals surface area contributed by atoms with Gasteiger partial charge < -0.3 is 5.73 Å².